The summed E-state index contributed by atoms with van der Waals surface area (Å²) < 4.78 is 21.2. The van der Waals surface area contributed by atoms with Gasteiger partial charge in [0.1, 0.15) is 10.6 Å². The Bertz CT molecular complexity index is 1170. The first-order chi connectivity index (χ1) is 14.7. The van der Waals surface area contributed by atoms with Crippen LogP contribution in [0.1, 0.15) is 18.4 Å². The second kappa shape index (κ2) is 8.33. The monoisotopic (exact) mass is 441 g/mol. The van der Waals surface area contributed by atoms with Gasteiger partial charge in [0, 0.05) is 23.9 Å². The molecule has 0 saturated carbocycles. The molecule has 1 fully saturated rings. The first kappa shape index (κ1) is 19.5. The first-order valence-corrected chi connectivity index (χ1v) is 11.5. The Morgan fingerprint density at radius 2 is 2.10 bits per heavy atom. The van der Waals surface area contributed by atoms with Gasteiger partial charge in [-0.1, -0.05) is 23.9 Å². The largest absolute Gasteiger partial charge is 0.397 e. The molecule has 6 nitrogen and oxygen atoms in total. The third-order valence-corrected chi connectivity index (χ3v) is 7.28. The Hall–Kier alpha value is -2.49. The molecule has 1 aromatic carbocycles. The highest BCUT2D eigenvalue weighted by molar-refractivity contribution is 7.98. The molecule has 0 unspecified atom stereocenters. The third kappa shape index (κ3) is 3.80. The van der Waals surface area contributed by atoms with Crippen LogP contribution in [0.5, 0.6) is 0 Å². The van der Waals surface area contributed by atoms with Gasteiger partial charge < -0.3 is 10.5 Å². The number of nitrogen functional groups attached to an aromatic ring is 1. The molecule has 1 atom stereocenters. The molecule has 1 aliphatic rings. The molecule has 0 radical (unpaired) electrons. The van der Waals surface area contributed by atoms with Crippen LogP contribution < -0.4 is 5.73 Å². The molecule has 1 saturated heterocycles. The number of fused-ring (bicyclic) bond motifs is 1. The molecule has 0 spiro atoms. The number of benzene rings is 1. The Labute approximate surface area is 181 Å². The highest BCUT2D eigenvalue weighted by atomic mass is 32.2. The number of aromatic nitrogens is 4. The second-order valence-corrected chi connectivity index (χ2v) is 9.11. The maximum absolute atomic E-state index is 13.2. The van der Waals surface area contributed by atoms with Crippen molar-refractivity contribution in [3.05, 3.63) is 54.0 Å². The zero-order valence-electron chi connectivity index (χ0n) is 16.1. The van der Waals surface area contributed by atoms with Gasteiger partial charge in [-0.25, -0.2) is 9.37 Å². The van der Waals surface area contributed by atoms with Crippen LogP contribution >= 0.6 is 23.1 Å². The fraction of sp³-hybridized carbons (Fsp3) is 0.286. The Balaban J connectivity index is 1.49. The predicted molar refractivity (Wildman–Crippen MR) is 118 cm³/mol. The average molecular weight is 442 g/mol. The molecule has 30 heavy (non-hydrogen) atoms. The number of anilines is 1. The normalized spacial score (nSPS) is 16.5. The van der Waals surface area contributed by atoms with Crippen LogP contribution in [-0.4, -0.2) is 32.5 Å². The van der Waals surface area contributed by atoms with Crippen molar-refractivity contribution in [1.29, 1.82) is 0 Å². The van der Waals surface area contributed by atoms with Crippen molar-refractivity contribution < 1.29 is 9.13 Å². The van der Waals surface area contributed by atoms with Crippen molar-refractivity contribution in [2.45, 2.75) is 36.4 Å². The van der Waals surface area contributed by atoms with Gasteiger partial charge in [-0.3, -0.25) is 4.57 Å². The summed E-state index contributed by atoms with van der Waals surface area (Å²) in [4.78, 5) is 6.20. The van der Waals surface area contributed by atoms with Gasteiger partial charge >= 0.3 is 0 Å². The third-order valence-electron chi connectivity index (χ3n) is 5.12. The van der Waals surface area contributed by atoms with Crippen molar-refractivity contribution in [2.24, 2.45) is 0 Å². The standard InChI is InChI=1S/C21H20FN5OS2/c22-14-7-5-13(6-8-14)12-29-21-26-25-19(27(21)11-15-3-2-10-28-15)18-17(23)16-4-1-9-24-20(16)30-18/h1,4-9,15H,2-3,10-12,23H2/t15-/m1/s1. The van der Waals surface area contributed by atoms with Crippen molar-refractivity contribution in [2.75, 3.05) is 12.3 Å². The molecule has 9 heteroatoms. The van der Waals surface area contributed by atoms with Crippen molar-refractivity contribution in [1.82, 2.24) is 19.7 Å². The second-order valence-electron chi connectivity index (χ2n) is 7.17. The number of rotatable bonds is 6. The molecule has 0 aliphatic carbocycles. The van der Waals surface area contributed by atoms with E-state index in [1.54, 1.807) is 30.1 Å². The summed E-state index contributed by atoms with van der Waals surface area (Å²) in [6.45, 7) is 1.46. The topological polar surface area (TPSA) is 78.8 Å². The molecule has 2 N–H and O–H groups in total. The van der Waals surface area contributed by atoms with Crippen molar-refractivity contribution >= 4 is 39.0 Å². The Kier molecular flexibility index (Phi) is 5.41. The minimum absolute atomic E-state index is 0.138. The molecule has 3 aromatic heterocycles. The summed E-state index contributed by atoms with van der Waals surface area (Å²) in [5.41, 5.74) is 8.16. The summed E-state index contributed by atoms with van der Waals surface area (Å²) in [5.74, 6) is 1.18. The van der Waals surface area contributed by atoms with E-state index in [2.05, 4.69) is 19.7 Å². The van der Waals surface area contributed by atoms with Gasteiger partial charge in [0.15, 0.2) is 11.0 Å². The molecule has 0 amide bonds. The number of pyridine rings is 1. The maximum atomic E-state index is 13.2. The van der Waals surface area contributed by atoms with E-state index < -0.39 is 0 Å². The maximum Gasteiger partial charge on any atom is 0.191 e. The fourth-order valence-electron chi connectivity index (χ4n) is 3.57. The molecule has 4 heterocycles. The van der Waals surface area contributed by atoms with Crippen LogP contribution in [0.4, 0.5) is 10.1 Å². The van der Waals surface area contributed by atoms with Gasteiger partial charge in [0.2, 0.25) is 0 Å². The van der Waals surface area contributed by atoms with E-state index in [0.29, 0.717) is 18.0 Å². The molecule has 4 aromatic rings. The van der Waals surface area contributed by atoms with Gasteiger partial charge in [0.05, 0.1) is 23.2 Å². The van der Waals surface area contributed by atoms with Gasteiger partial charge in [-0.2, -0.15) is 0 Å². The van der Waals surface area contributed by atoms with E-state index in [-0.39, 0.29) is 11.9 Å². The van der Waals surface area contributed by atoms with E-state index in [0.717, 1.165) is 51.1 Å². The number of thioether (sulfide) groups is 1. The summed E-state index contributed by atoms with van der Waals surface area (Å²) in [6.07, 6.45) is 3.99. The summed E-state index contributed by atoms with van der Waals surface area (Å²) >= 11 is 3.10. The van der Waals surface area contributed by atoms with Crippen molar-refractivity contribution in [3.63, 3.8) is 0 Å². The number of hydrogen-bond donors (Lipinski definition) is 1. The molecular weight excluding hydrogens is 421 g/mol. The quantitative estimate of drug-likeness (QED) is 0.435. The van der Waals surface area contributed by atoms with Crippen LogP contribution in [-0.2, 0) is 17.0 Å². The van der Waals surface area contributed by atoms with Gasteiger partial charge in [0.25, 0.3) is 0 Å². The average Bonchev–Trinajstić information content (AvgIpc) is 3.49. The minimum Gasteiger partial charge on any atom is -0.397 e. The van der Waals surface area contributed by atoms with Gasteiger partial charge in [-0.15, -0.1) is 21.5 Å². The number of ether oxygens (including phenoxy) is 1. The summed E-state index contributed by atoms with van der Waals surface area (Å²) in [5, 5.41) is 10.7. The lowest BCUT2D eigenvalue weighted by Gasteiger charge is -2.14. The number of nitrogens with zero attached hydrogens (tertiary/aromatic N) is 4. The fourth-order valence-corrected chi connectivity index (χ4v) is 5.53. The Morgan fingerprint density at radius 3 is 2.87 bits per heavy atom. The van der Waals surface area contributed by atoms with E-state index in [1.165, 1.54) is 23.5 Å². The van der Waals surface area contributed by atoms with Crippen LogP contribution in [0, 0.1) is 5.82 Å². The van der Waals surface area contributed by atoms with E-state index in [9.17, 15) is 4.39 Å². The number of hydrogen-bond acceptors (Lipinski definition) is 7. The Morgan fingerprint density at radius 1 is 1.23 bits per heavy atom. The molecule has 1 aliphatic heterocycles. The van der Waals surface area contributed by atoms with Crippen LogP contribution in [0.2, 0.25) is 0 Å². The smallest absolute Gasteiger partial charge is 0.191 e. The number of halogens is 1. The first-order valence-electron chi connectivity index (χ1n) is 9.74. The molecule has 0 bridgehead atoms. The molecule has 5 rings (SSSR count). The van der Waals surface area contributed by atoms with E-state index >= 15 is 0 Å². The van der Waals surface area contributed by atoms with Crippen LogP contribution in [0.25, 0.3) is 20.9 Å². The zero-order valence-corrected chi connectivity index (χ0v) is 17.8. The summed E-state index contributed by atoms with van der Waals surface area (Å²) in [7, 11) is 0. The molecule has 154 valence electrons. The van der Waals surface area contributed by atoms with Crippen LogP contribution in [0.15, 0.2) is 47.8 Å². The highest BCUT2D eigenvalue weighted by Crippen LogP contribution is 2.40. The van der Waals surface area contributed by atoms with Crippen molar-refractivity contribution in [3.8, 4) is 10.7 Å². The van der Waals surface area contributed by atoms with Crippen LogP contribution in [0.3, 0.4) is 0 Å². The number of nitrogens with two attached hydrogens (primary N) is 1. The lowest BCUT2D eigenvalue weighted by Crippen LogP contribution is -2.16. The minimum atomic E-state index is -0.235. The van der Waals surface area contributed by atoms with E-state index in [1.807, 2.05) is 12.1 Å². The van der Waals surface area contributed by atoms with E-state index in [4.69, 9.17) is 10.5 Å². The highest BCUT2D eigenvalue weighted by Gasteiger charge is 2.24. The SMILES string of the molecule is Nc1c(-c2nnc(SCc3ccc(F)cc3)n2C[C@H]2CCCO2)sc2ncccc12. The predicted octanol–water partition coefficient (Wildman–Crippen LogP) is 4.75. The summed E-state index contributed by atoms with van der Waals surface area (Å²) in [6, 6.07) is 10.4. The molecular formula is C21H20FN5OS2. The van der Waals surface area contributed by atoms with Gasteiger partial charge in [-0.05, 0) is 42.7 Å². The lowest BCUT2D eigenvalue weighted by molar-refractivity contribution is 0.0953. The lowest BCUT2D eigenvalue weighted by atomic mass is 10.2. The zero-order chi connectivity index (χ0) is 20.5. The number of thiophene rings is 1.